The van der Waals surface area contributed by atoms with E-state index in [0.717, 1.165) is 22.4 Å². The van der Waals surface area contributed by atoms with Crippen LogP contribution in [0.2, 0.25) is 0 Å². The summed E-state index contributed by atoms with van der Waals surface area (Å²) in [6.45, 7) is 4.65. The van der Waals surface area contributed by atoms with Crippen LogP contribution in [-0.4, -0.2) is 11.5 Å². The van der Waals surface area contributed by atoms with Crippen LogP contribution in [0, 0.1) is 0 Å². The molecule has 0 saturated heterocycles. The van der Waals surface area contributed by atoms with Gasteiger partial charge in [0.05, 0.1) is 17.7 Å². The first-order valence-electron chi connectivity index (χ1n) is 15.2. The SMILES string of the molecule is C=C/C(=N\C(=N/Cc1ccccc1)c1ccc2c(c1)C1(c3ccccc3Sc3ccccc31)c1ccccc1-2)c1ccccc1. The van der Waals surface area contributed by atoms with E-state index < -0.39 is 5.41 Å². The van der Waals surface area contributed by atoms with Crippen LogP contribution < -0.4 is 0 Å². The van der Waals surface area contributed by atoms with Gasteiger partial charge in [-0.3, -0.25) is 4.99 Å². The Morgan fingerprint density at radius 3 is 1.84 bits per heavy atom. The summed E-state index contributed by atoms with van der Waals surface area (Å²) in [7, 11) is 0. The van der Waals surface area contributed by atoms with E-state index in [0.29, 0.717) is 12.4 Å². The van der Waals surface area contributed by atoms with Crippen molar-refractivity contribution in [2.24, 2.45) is 9.98 Å². The van der Waals surface area contributed by atoms with E-state index in [-0.39, 0.29) is 0 Å². The predicted molar refractivity (Wildman–Crippen MR) is 188 cm³/mol. The summed E-state index contributed by atoms with van der Waals surface area (Å²) >= 11 is 1.86. The molecule has 1 aliphatic heterocycles. The fraction of sp³-hybridized carbons (Fsp3) is 0.0476. The van der Waals surface area contributed by atoms with Crippen molar-refractivity contribution in [2.75, 3.05) is 0 Å². The van der Waals surface area contributed by atoms with Crippen LogP contribution in [0.4, 0.5) is 0 Å². The van der Waals surface area contributed by atoms with Crippen LogP contribution in [0.15, 0.2) is 184 Å². The number of hydrogen-bond donors (Lipinski definition) is 0. The highest BCUT2D eigenvalue weighted by Crippen LogP contribution is 2.62. The molecule has 0 N–H and O–H groups in total. The maximum atomic E-state index is 5.19. The highest BCUT2D eigenvalue weighted by atomic mass is 32.2. The molecule has 1 heterocycles. The summed E-state index contributed by atoms with van der Waals surface area (Å²) in [5.74, 6) is 0.693. The van der Waals surface area contributed by atoms with Crippen molar-refractivity contribution in [3.05, 3.63) is 203 Å². The van der Waals surface area contributed by atoms with Crippen molar-refractivity contribution < 1.29 is 0 Å². The second-order valence-electron chi connectivity index (χ2n) is 11.3. The number of hydrogen-bond acceptors (Lipinski definition) is 2. The molecular weight excluding hydrogens is 565 g/mol. The molecule has 8 rings (SSSR count). The number of fused-ring (bicyclic) bond motifs is 9. The average Bonchev–Trinajstić information content (AvgIpc) is 3.39. The van der Waals surface area contributed by atoms with Crippen molar-refractivity contribution in [1.82, 2.24) is 0 Å². The quantitative estimate of drug-likeness (QED) is 0.144. The normalized spacial score (nSPS) is 14.3. The first-order chi connectivity index (χ1) is 22.3. The molecule has 0 amide bonds. The Morgan fingerprint density at radius 2 is 1.16 bits per heavy atom. The smallest absolute Gasteiger partial charge is 0.155 e. The molecule has 1 aliphatic carbocycles. The molecule has 0 fully saturated rings. The first-order valence-corrected chi connectivity index (χ1v) is 16.1. The topological polar surface area (TPSA) is 24.7 Å². The second kappa shape index (κ2) is 11.4. The lowest BCUT2D eigenvalue weighted by Crippen LogP contribution is -2.32. The summed E-state index contributed by atoms with van der Waals surface area (Å²) in [4.78, 5) is 12.9. The van der Waals surface area contributed by atoms with E-state index in [1.165, 1.54) is 43.2 Å². The lowest BCUT2D eigenvalue weighted by molar-refractivity contribution is 0.722. The molecule has 214 valence electrons. The first kappa shape index (κ1) is 27.3. The summed E-state index contributed by atoms with van der Waals surface area (Å²) in [5, 5.41) is 0. The number of nitrogens with zero attached hydrogens (tertiary/aromatic N) is 2. The molecule has 0 bridgehead atoms. The van der Waals surface area contributed by atoms with Gasteiger partial charge in [0.25, 0.3) is 0 Å². The van der Waals surface area contributed by atoms with Crippen LogP contribution in [0.1, 0.15) is 38.9 Å². The Balaban J connectivity index is 1.39. The summed E-state index contributed by atoms with van der Waals surface area (Å²) < 4.78 is 0. The molecule has 2 nitrogen and oxygen atoms in total. The zero-order valence-electron chi connectivity index (χ0n) is 24.7. The molecule has 45 heavy (non-hydrogen) atoms. The lowest BCUT2D eigenvalue weighted by atomic mass is 9.67. The van der Waals surface area contributed by atoms with E-state index in [4.69, 9.17) is 9.98 Å². The van der Waals surface area contributed by atoms with E-state index in [2.05, 4.69) is 134 Å². The number of allylic oxidation sites excluding steroid dienone is 1. The third-order valence-corrected chi connectivity index (χ3v) is 10.0. The monoisotopic (exact) mass is 594 g/mol. The summed E-state index contributed by atoms with van der Waals surface area (Å²) in [6, 6.07) is 54.1. The molecule has 0 saturated carbocycles. The maximum Gasteiger partial charge on any atom is 0.155 e. The Kier molecular flexibility index (Phi) is 6.89. The molecule has 2 aliphatic rings. The van der Waals surface area contributed by atoms with Crippen LogP contribution in [0.5, 0.6) is 0 Å². The van der Waals surface area contributed by atoms with E-state index in [1.54, 1.807) is 0 Å². The van der Waals surface area contributed by atoms with Crippen LogP contribution in [0.25, 0.3) is 11.1 Å². The second-order valence-corrected chi connectivity index (χ2v) is 12.4. The Hall–Kier alpha value is -5.25. The Labute approximate surface area is 268 Å². The molecule has 0 aromatic heterocycles. The number of benzene rings is 6. The minimum Gasteiger partial charge on any atom is -0.261 e. The lowest BCUT2D eigenvalue weighted by Gasteiger charge is -2.39. The average molecular weight is 595 g/mol. The van der Waals surface area contributed by atoms with Crippen molar-refractivity contribution in [1.29, 1.82) is 0 Å². The van der Waals surface area contributed by atoms with Gasteiger partial charge in [-0.15, -0.1) is 0 Å². The van der Waals surface area contributed by atoms with Gasteiger partial charge in [0.15, 0.2) is 5.84 Å². The van der Waals surface area contributed by atoms with Gasteiger partial charge in [-0.2, -0.15) is 0 Å². The molecule has 1 spiro atoms. The van der Waals surface area contributed by atoms with Gasteiger partial charge in [-0.05, 0) is 63.2 Å². The van der Waals surface area contributed by atoms with Crippen molar-refractivity contribution in [2.45, 2.75) is 21.8 Å². The maximum absolute atomic E-state index is 5.19. The predicted octanol–water partition coefficient (Wildman–Crippen LogP) is 10.1. The summed E-state index contributed by atoms with van der Waals surface area (Å²) in [5.41, 5.74) is 11.2. The van der Waals surface area contributed by atoms with Gasteiger partial charge >= 0.3 is 0 Å². The fourth-order valence-electron chi connectivity index (χ4n) is 6.89. The number of amidine groups is 1. The van der Waals surface area contributed by atoms with Gasteiger partial charge in [0.1, 0.15) is 0 Å². The van der Waals surface area contributed by atoms with Gasteiger partial charge in [-0.25, -0.2) is 4.99 Å². The van der Waals surface area contributed by atoms with Crippen LogP contribution in [0.3, 0.4) is 0 Å². The third-order valence-electron chi connectivity index (χ3n) is 8.85. The molecule has 6 aromatic carbocycles. The van der Waals surface area contributed by atoms with Gasteiger partial charge < -0.3 is 0 Å². The molecule has 0 unspecified atom stereocenters. The number of aliphatic imine (C=N–C) groups is 2. The largest absolute Gasteiger partial charge is 0.261 e. The highest BCUT2D eigenvalue weighted by Gasteiger charge is 2.50. The van der Waals surface area contributed by atoms with Crippen molar-refractivity contribution in [3.8, 4) is 11.1 Å². The zero-order chi connectivity index (χ0) is 30.2. The summed E-state index contributed by atoms with van der Waals surface area (Å²) in [6.07, 6.45) is 1.82. The van der Waals surface area contributed by atoms with Crippen molar-refractivity contribution >= 4 is 23.3 Å². The molecule has 6 aromatic rings. The Morgan fingerprint density at radius 1 is 0.578 bits per heavy atom. The third kappa shape index (κ3) is 4.51. The minimum atomic E-state index is -0.449. The van der Waals surface area contributed by atoms with E-state index in [1.807, 2.05) is 42.1 Å². The minimum absolute atomic E-state index is 0.449. The Bertz CT molecular complexity index is 2080. The molecule has 3 heteroatoms. The van der Waals surface area contributed by atoms with Gasteiger partial charge in [-0.1, -0.05) is 152 Å². The molecule has 0 atom stereocenters. The van der Waals surface area contributed by atoms with Crippen molar-refractivity contribution in [3.63, 3.8) is 0 Å². The van der Waals surface area contributed by atoms with E-state index in [9.17, 15) is 0 Å². The van der Waals surface area contributed by atoms with Crippen LogP contribution in [-0.2, 0) is 12.0 Å². The van der Waals surface area contributed by atoms with Gasteiger partial charge in [0.2, 0.25) is 0 Å². The molecule has 0 radical (unpaired) electrons. The zero-order valence-corrected chi connectivity index (χ0v) is 25.5. The standard InChI is InChI=1S/C42H30N2S/c1-2-38(30-17-7-4-8-18-30)44-41(43-28-29-15-5-3-6-16-29)31-25-26-33-32-19-9-10-20-34(32)42(37(33)27-31)35-21-11-13-23-39(35)45-40-24-14-12-22-36(40)42/h2-27H,1,28H2/b43-41-,44-38+. The van der Waals surface area contributed by atoms with Gasteiger partial charge in [0, 0.05) is 20.9 Å². The number of rotatable bonds is 5. The van der Waals surface area contributed by atoms with Crippen LogP contribution >= 0.6 is 11.8 Å². The fourth-order valence-corrected chi connectivity index (χ4v) is 8.08. The highest BCUT2D eigenvalue weighted by molar-refractivity contribution is 7.99. The van der Waals surface area contributed by atoms with E-state index >= 15 is 0 Å². The molecular formula is C42H30N2S.